The van der Waals surface area contributed by atoms with Crippen molar-refractivity contribution >= 4 is 11.6 Å². The molecule has 4 heteroatoms. The first kappa shape index (κ1) is 14.2. The van der Waals surface area contributed by atoms with Crippen LogP contribution in [-0.4, -0.2) is 5.91 Å². The number of nitrogens with two attached hydrogens (primary N) is 1. The Morgan fingerprint density at radius 3 is 2.60 bits per heavy atom. The van der Waals surface area contributed by atoms with E-state index in [4.69, 9.17) is 10.2 Å². The van der Waals surface area contributed by atoms with Gasteiger partial charge in [-0.3, -0.25) is 4.79 Å². The summed E-state index contributed by atoms with van der Waals surface area (Å²) in [5, 5.41) is 2.96. The van der Waals surface area contributed by atoms with Crippen molar-refractivity contribution in [1.82, 2.24) is 5.32 Å². The third kappa shape index (κ3) is 2.69. The highest BCUT2D eigenvalue weighted by Crippen LogP contribution is 2.22. The van der Waals surface area contributed by atoms with Crippen LogP contribution in [0.5, 0.6) is 0 Å². The fourth-order valence-corrected chi connectivity index (χ4v) is 2.31. The molecule has 0 saturated carbocycles. The summed E-state index contributed by atoms with van der Waals surface area (Å²) in [6, 6.07) is 7.27. The summed E-state index contributed by atoms with van der Waals surface area (Å²) in [5.41, 5.74) is 8.88. The highest BCUT2D eigenvalue weighted by molar-refractivity contribution is 5.99. The highest BCUT2D eigenvalue weighted by Gasteiger charge is 2.17. The van der Waals surface area contributed by atoms with Gasteiger partial charge >= 0.3 is 0 Å². The fourth-order valence-electron chi connectivity index (χ4n) is 2.31. The molecule has 2 aromatic rings. The first-order valence-electron chi connectivity index (χ1n) is 6.63. The van der Waals surface area contributed by atoms with E-state index in [1.165, 1.54) is 0 Å². The van der Waals surface area contributed by atoms with Crippen molar-refractivity contribution in [2.75, 3.05) is 5.73 Å². The number of nitrogens with one attached hydrogen (secondary N) is 1. The minimum absolute atomic E-state index is 0.125. The number of benzene rings is 1. The van der Waals surface area contributed by atoms with E-state index < -0.39 is 0 Å². The molecule has 0 bridgehead atoms. The van der Waals surface area contributed by atoms with Crippen molar-refractivity contribution in [3.05, 3.63) is 52.5 Å². The first-order chi connectivity index (χ1) is 9.40. The Balaban J connectivity index is 2.19. The monoisotopic (exact) mass is 272 g/mol. The van der Waals surface area contributed by atoms with Crippen LogP contribution in [0.1, 0.15) is 46.0 Å². The normalized spacial score (nSPS) is 12.2. The molecule has 0 spiro atoms. The number of carbonyl (C=O) groups is 1. The van der Waals surface area contributed by atoms with Gasteiger partial charge in [0.25, 0.3) is 5.91 Å². The number of anilines is 1. The number of furan rings is 1. The quantitative estimate of drug-likeness (QED) is 0.842. The number of para-hydroxylation sites is 1. The molecule has 1 unspecified atom stereocenters. The predicted molar refractivity (Wildman–Crippen MR) is 79.7 cm³/mol. The lowest BCUT2D eigenvalue weighted by Gasteiger charge is -2.15. The van der Waals surface area contributed by atoms with Crippen LogP contribution in [0.15, 0.2) is 28.7 Å². The number of aryl methyl sites for hydroxylation is 3. The molecular weight excluding hydrogens is 252 g/mol. The fraction of sp³-hybridized carbons (Fsp3) is 0.312. The number of rotatable bonds is 3. The molecule has 1 aromatic carbocycles. The van der Waals surface area contributed by atoms with E-state index in [1.54, 1.807) is 6.07 Å². The van der Waals surface area contributed by atoms with Gasteiger partial charge in [-0.1, -0.05) is 12.1 Å². The lowest BCUT2D eigenvalue weighted by atomic mass is 10.1. The summed E-state index contributed by atoms with van der Waals surface area (Å²) in [6.45, 7) is 7.61. The maximum Gasteiger partial charge on any atom is 0.253 e. The number of hydrogen-bond donors (Lipinski definition) is 2. The van der Waals surface area contributed by atoms with Gasteiger partial charge in [-0.15, -0.1) is 0 Å². The second-order valence-corrected chi connectivity index (χ2v) is 5.10. The number of nitrogen functional groups attached to an aromatic ring is 1. The Labute approximate surface area is 119 Å². The van der Waals surface area contributed by atoms with E-state index in [2.05, 4.69) is 5.32 Å². The van der Waals surface area contributed by atoms with Gasteiger partial charge in [-0.2, -0.15) is 0 Å². The van der Waals surface area contributed by atoms with E-state index in [0.717, 1.165) is 22.6 Å². The maximum absolute atomic E-state index is 12.3. The van der Waals surface area contributed by atoms with Crippen LogP contribution in [0.4, 0.5) is 5.69 Å². The third-order valence-corrected chi connectivity index (χ3v) is 3.46. The Morgan fingerprint density at radius 1 is 1.30 bits per heavy atom. The molecule has 0 saturated heterocycles. The molecule has 4 nitrogen and oxygen atoms in total. The second-order valence-electron chi connectivity index (χ2n) is 5.10. The maximum atomic E-state index is 12.3. The van der Waals surface area contributed by atoms with E-state index in [9.17, 15) is 4.79 Å². The molecule has 3 N–H and O–H groups in total. The highest BCUT2D eigenvalue weighted by atomic mass is 16.3. The molecule has 106 valence electrons. The molecular formula is C16H20N2O2. The van der Waals surface area contributed by atoms with Gasteiger partial charge in [0.2, 0.25) is 0 Å². The molecule has 20 heavy (non-hydrogen) atoms. The zero-order chi connectivity index (χ0) is 14.9. The Kier molecular flexibility index (Phi) is 3.84. The molecule has 0 aliphatic carbocycles. The van der Waals surface area contributed by atoms with Crippen LogP contribution in [0.3, 0.4) is 0 Å². The predicted octanol–water partition coefficient (Wildman–Crippen LogP) is 3.28. The summed E-state index contributed by atoms with van der Waals surface area (Å²) in [6.07, 6.45) is 0. The smallest absolute Gasteiger partial charge is 0.253 e. The van der Waals surface area contributed by atoms with Gasteiger partial charge in [0.05, 0.1) is 11.6 Å². The van der Waals surface area contributed by atoms with Crippen LogP contribution >= 0.6 is 0 Å². The van der Waals surface area contributed by atoms with Gasteiger partial charge in [0, 0.05) is 11.3 Å². The zero-order valence-corrected chi connectivity index (χ0v) is 12.3. The average Bonchev–Trinajstić information content (AvgIpc) is 2.71. The second kappa shape index (κ2) is 5.41. The number of amides is 1. The molecule has 1 atom stereocenters. The topological polar surface area (TPSA) is 68.3 Å². The van der Waals surface area contributed by atoms with E-state index in [-0.39, 0.29) is 11.9 Å². The lowest BCUT2D eigenvalue weighted by molar-refractivity contribution is 0.0940. The summed E-state index contributed by atoms with van der Waals surface area (Å²) < 4.78 is 5.49. The van der Waals surface area contributed by atoms with Gasteiger partial charge in [0.1, 0.15) is 11.5 Å². The zero-order valence-electron chi connectivity index (χ0n) is 12.3. The average molecular weight is 272 g/mol. The van der Waals surface area contributed by atoms with Crippen molar-refractivity contribution in [2.45, 2.75) is 33.7 Å². The summed E-state index contributed by atoms with van der Waals surface area (Å²) in [7, 11) is 0. The summed E-state index contributed by atoms with van der Waals surface area (Å²) >= 11 is 0. The van der Waals surface area contributed by atoms with Crippen molar-refractivity contribution < 1.29 is 9.21 Å². The van der Waals surface area contributed by atoms with Gasteiger partial charge in [0.15, 0.2) is 0 Å². The van der Waals surface area contributed by atoms with Crippen LogP contribution in [0, 0.1) is 20.8 Å². The van der Waals surface area contributed by atoms with Gasteiger partial charge in [-0.25, -0.2) is 0 Å². The number of carbonyl (C=O) groups excluding carboxylic acids is 1. The SMILES string of the molecule is Cc1cc(C(C)NC(=O)c2cccc(C)c2N)c(C)o1. The largest absolute Gasteiger partial charge is 0.466 e. The van der Waals surface area contributed by atoms with E-state index in [0.29, 0.717) is 11.3 Å². The molecule has 0 aliphatic heterocycles. The summed E-state index contributed by atoms with van der Waals surface area (Å²) in [5.74, 6) is 1.50. The van der Waals surface area contributed by atoms with Crippen LogP contribution in [-0.2, 0) is 0 Å². The Hall–Kier alpha value is -2.23. The van der Waals surface area contributed by atoms with E-state index >= 15 is 0 Å². The van der Waals surface area contributed by atoms with Crippen LogP contribution < -0.4 is 11.1 Å². The van der Waals surface area contributed by atoms with Crippen molar-refractivity contribution in [1.29, 1.82) is 0 Å². The molecule has 2 rings (SSSR count). The Morgan fingerprint density at radius 2 is 2.00 bits per heavy atom. The van der Waals surface area contributed by atoms with Gasteiger partial charge in [-0.05, 0) is 45.4 Å². The van der Waals surface area contributed by atoms with E-state index in [1.807, 2.05) is 45.9 Å². The standard InChI is InChI=1S/C16H20N2O2/c1-9-6-5-7-13(15(9)17)16(19)18-11(3)14-8-10(2)20-12(14)4/h5-8,11H,17H2,1-4H3,(H,18,19). The van der Waals surface area contributed by atoms with Crippen molar-refractivity contribution in [3.63, 3.8) is 0 Å². The minimum Gasteiger partial charge on any atom is -0.466 e. The molecule has 1 aromatic heterocycles. The third-order valence-electron chi connectivity index (χ3n) is 3.46. The van der Waals surface area contributed by atoms with Crippen LogP contribution in [0.25, 0.3) is 0 Å². The first-order valence-corrected chi connectivity index (χ1v) is 6.63. The van der Waals surface area contributed by atoms with Crippen molar-refractivity contribution in [2.24, 2.45) is 0 Å². The molecule has 0 aliphatic rings. The molecule has 1 heterocycles. The summed E-state index contributed by atoms with van der Waals surface area (Å²) in [4.78, 5) is 12.3. The molecule has 1 amide bonds. The molecule has 0 radical (unpaired) electrons. The van der Waals surface area contributed by atoms with Crippen molar-refractivity contribution in [3.8, 4) is 0 Å². The lowest BCUT2D eigenvalue weighted by Crippen LogP contribution is -2.27. The van der Waals surface area contributed by atoms with Crippen LogP contribution in [0.2, 0.25) is 0 Å². The minimum atomic E-state index is -0.169. The Bertz CT molecular complexity index is 644. The number of hydrogen-bond acceptors (Lipinski definition) is 3. The molecule has 0 fully saturated rings. The van der Waals surface area contributed by atoms with Gasteiger partial charge < -0.3 is 15.5 Å².